The number of anilines is 3. The fraction of sp³-hybridized carbons (Fsp3) is 0.404. The van der Waals surface area contributed by atoms with Gasteiger partial charge < -0.3 is 50.2 Å². The van der Waals surface area contributed by atoms with E-state index in [0.29, 0.717) is 93.5 Å². The number of rotatable bonds is 16. The topological polar surface area (TPSA) is 353 Å². The predicted octanol–water partition coefficient (Wildman–Crippen LogP) is 9.74. The second-order valence-electron chi connectivity index (χ2n) is 34.9. The molecule has 658 valence electrons. The van der Waals surface area contributed by atoms with Crippen molar-refractivity contribution >= 4 is 61.8 Å². The van der Waals surface area contributed by atoms with Crippen LogP contribution in [0.3, 0.4) is 0 Å². The first-order valence-electron chi connectivity index (χ1n) is 44.1. The van der Waals surface area contributed by atoms with Crippen LogP contribution in [0.4, 0.5) is 17.1 Å². The lowest BCUT2D eigenvalue weighted by atomic mass is 9.91. The maximum absolute atomic E-state index is 13.1. The lowest BCUT2D eigenvalue weighted by molar-refractivity contribution is 0.162. The molecule has 4 aliphatic heterocycles. The van der Waals surface area contributed by atoms with Gasteiger partial charge in [-0.05, 0) is 219 Å². The molecule has 20 heterocycles. The molecule has 127 heavy (non-hydrogen) atoms. The van der Waals surface area contributed by atoms with Crippen LogP contribution in [-0.2, 0) is 0 Å². The van der Waals surface area contributed by atoms with Crippen molar-refractivity contribution in [3.63, 3.8) is 0 Å². The molecule has 33 heteroatoms. The molecule has 0 aliphatic carbocycles. The molecular weight excluding hydrogens is 1600 g/mol. The van der Waals surface area contributed by atoms with Crippen molar-refractivity contribution in [3.05, 3.63) is 239 Å². The normalized spacial score (nSPS) is 15.6. The van der Waals surface area contributed by atoms with E-state index < -0.39 is 0 Å². The summed E-state index contributed by atoms with van der Waals surface area (Å²) in [7, 11) is 2.07. The first-order valence-corrected chi connectivity index (χ1v) is 44.1. The zero-order valence-electron chi connectivity index (χ0n) is 74.4. The fourth-order valence-corrected chi connectivity index (χ4v) is 18.1. The standard InChI is InChI=1S/C25H31N7O2.C25H31N7O.C22H25N7O.C22H24N6O2/c1-16-11-20(30-7-5-19(6-8-30)29(4)9-10-33)15-31-24(34)13-21(27-25(16)31)22-12-23-18(3)26-17(2)14-32(23)28-22;1-5-8-26-19-6-9-30(10-7-19)20-11-16(2)25-28-21(13-24(33)31(25)15-20)22-12-23-18(4)27-17(3)14-32(23)29-22;1-14-12-29-19(15(2)24-14)10-18(26-29)17-11-21(30)28-13-16(4-5-20(28)25-17)27-8-6-22(3,23)7-9-27;1-15-12-27-13-17(2-3-20(27)24-15)18-10-22(30)28-14-19(23-11-21(28)25-18)16-4-6-26(7-5-16)8-9-29/h11-15,19,33H,5-10H2,1-4H3;11-15,19,26H,5-10H2,1-4H3;4-5,10-13H,6-9,23H2,1-3H3;2-3,10-14,16,29H,4-9H2,1H3. The average Bonchev–Trinajstić information content (AvgIpc) is 1.76. The molecule has 0 saturated carbocycles. The van der Waals surface area contributed by atoms with Crippen LogP contribution in [0.5, 0.6) is 0 Å². The quantitative estimate of drug-likeness (QED) is 0.0699. The SMILES string of the molecule is CCCNC1CCN(c2cc(C)c3nc(-c4cc5c(C)nc(C)cn5n4)cc(=O)n3c2)CC1.Cc1cn2cc(-c3cc(=O)n4cc(C5CCN(CCO)CC5)ncc4n3)ccc2n1.Cc1cn2nc(-c3cc(=O)n4cc(N5CCC(C)(N)CC5)ccc4n3)cc2c(C)n1.Cc1cn2nc(-c3cc(=O)n4cc(N5CCC(N(C)CCO)CC5)cc(C)c4n3)cc2c(C)n1. The summed E-state index contributed by atoms with van der Waals surface area (Å²) in [5.41, 5.74) is 29.2. The molecule has 16 aromatic heterocycles. The number of aliphatic hydroxyl groups excluding tert-OH is 2. The molecule has 33 nitrogen and oxygen atoms in total. The van der Waals surface area contributed by atoms with Crippen molar-refractivity contribution < 1.29 is 10.2 Å². The Hall–Kier alpha value is -12.9. The van der Waals surface area contributed by atoms with Gasteiger partial charge >= 0.3 is 0 Å². The van der Waals surface area contributed by atoms with E-state index in [-0.39, 0.29) is 41.0 Å². The van der Waals surface area contributed by atoms with Crippen LogP contribution >= 0.6 is 0 Å². The van der Waals surface area contributed by atoms with Crippen LogP contribution in [0, 0.1) is 62.3 Å². The number of aliphatic hydroxyl groups is 2. The van der Waals surface area contributed by atoms with Gasteiger partial charge in [0.15, 0.2) is 5.65 Å². The summed E-state index contributed by atoms with van der Waals surface area (Å²) >= 11 is 0. The maximum Gasteiger partial charge on any atom is 0.258 e. The van der Waals surface area contributed by atoms with E-state index in [1.54, 1.807) is 57.1 Å². The first-order chi connectivity index (χ1) is 61.1. The Morgan fingerprint density at radius 2 is 0.921 bits per heavy atom. The molecule has 0 atom stereocenters. The fourth-order valence-electron chi connectivity index (χ4n) is 18.1. The third-order valence-corrected chi connectivity index (χ3v) is 25.2. The van der Waals surface area contributed by atoms with Crippen molar-refractivity contribution in [1.29, 1.82) is 0 Å². The van der Waals surface area contributed by atoms with Crippen molar-refractivity contribution in [2.24, 2.45) is 5.73 Å². The molecule has 5 N–H and O–H groups in total. The number of β-amino-alcohol motifs (C(OH)–C–C–N with tert-alkyl or cyclic N) is 1. The Morgan fingerprint density at radius 3 is 1.44 bits per heavy atom. The summed E-state index contributed by atoms with van der Waals surface area (Å²) in [6.07, 6.45) is 28.0. The van der Waals surface area contributed by atoms with Gasteiger partial charge in [0.1, 0.15) is 39.7 Å². The van der Waals surface area contributed by atoms with E-state index in [1.165, 1.54) is 0 Å². The van der Waals surface area contributed by atoms with Crippen LogP contribution in [0.2, 0.25) is 0 Å². The number of fused-ring (bicyclic) bond motifs is 8. The average molecular weight is 1720 g/mol. The van der Waals surface area contributed by atoms with Crippen LogP contribution in [0.15, 0.2) is 160 Å². The van der Waals surface area contributed by atoms with E-state index in [9.17, 15) is 24.3 Å². The van der Waals surface area contributed by atoms with Gasteiger partial charge in [-0.15, -0.1) is 0 Å². The Balaban J connectivity index is 0.000000119. The highest BCUT2D eigenvalue weighted by Gasteiger charge is 2.29. The van der Waals surface area contributed by atoms with E-state index in [2.05, 4.69) is 108 Å². The molecular formula is C94H111N27O6. The number of piperidine rings is 4. The van der Waals surface area contributed by atoms with E-state index in [0.717, 1.165) is 218 Å². The number of aryl methyl sites for hydroxylation is 9. The number of nitrogens with zero attached hydrogens (tertiary/aromatic N) is 25. The van der Waals surface area contributed by atoms with Crippen molar-refractivity contribution in [3.8, 4) is 45.4 Å². The molecule has 0 bridgehead atoms. The number of hydrogen-bond acceptors (Lipinski definition) is 25. The number of likely N-dealkylation sites (N-methyl/N-ethyl adjacent to an activating group) is 1. The number of likely N-dealkylation sites (tertiary alicyclic amines) is 1. The molecule has 0 aromatic carbocycles. The highest BCUT2D eigenvalue weighted by molar-refractivity contribution is 5.71. The third kappa shape index (κ3) is 18.6. The number of hydrogen-bond donors (Lipinski definition) is 4. The van der Waals surface area contributed by atoms with E-state index >= 15 is 0 Å². The highest BCUT2D eigenvalue weighted by Crippen LogP contribution is 2.32. The molecule has 4 saturated heterocycles. The number of nitrogens with one attached hydrogen (secondary N) is 1. The predicted molar refractivity (Wildman–Crippen MR) is 494 cm³/mol. The molecule has 0 amide bonds. The number of pyridine rings is 4. The van der Waals surface area contributed by atoms with Gasteiger partial charge in [-0.1, -0.05) is 6.92 Å². The summed E-state index contributed by atoms with van der Waals surface area (Å²) in [5.74, 6) is 0.322. The monoisotopic (exact) mass is 1710 g/mol. The zero-order valence-corrected chi connectivity index (χ0v) is 74.4. The summed E-state index contributed by atoms with van der Waals surface area (Å²) in [6.45, 7) is 32.3. The number of nitrogens with two attached hydrogens (primary N) is 1. The zero-order chi connectivity index (χ0) is 88.8. The van der Waals surface area contributed by atoms with Crippen LogP contribution < -0.4 is 48.0 Å². The van der Waals surface area contributed by atoms with Gasteiger partial charge in [0.25, 0.3) is 22.2 Å². The summed E-state index contributed by atoms with van der Waals surface area (Å²) in [4.78, 5) is 105. The lowest BCUT2D eigenvalue weighted by Gasteiger charge is -2.38. The van der Waals surface area contributed by atoms with Gasteiger partial charge in [-0.2, -0.15) is 15.3 Å². The number of aromatic nitrogens is 20. The minimum absolute atomic E-state index is 0.0949. The maximum atomic E-state index is 13.1. The Kier molecular flexibility index (Phi) is 24.6. The molecule has 0 unspecified atom stereocenters. The van der Waals surface area contributed by atoms with E-state index in [4.69, 9.17) is 25.8 Å². The summed E-state index contributed by atoms with van der Waals surface area (Å²) in [6, 6.07) is 25.1. The second-order valence-corrected chi connectivity index (χ2v) is 34.9. The molecule has 4 aliphatic rings. The Labute approximate surface area is 733 Å². The second kappa shape index (κ2) is 36.2. The van der Waals surface area contributed by atoms with E-state index in [1.807, 2.05) is 169 Å². The first kappa shape index (κ1) is 86.2. The molecule has 0 radical (unpaired) electrons. The van der Waals surface area contributed by atoms with Gasteiger partial charge in [-0.3, -0.25) is 56.7 Å². The van der Waals surface area contributed by atoms with Crippen molar-refractivity contribution in [2.45, 2.75) is 157 Å². The molecule has 0 spiro atoms. The Morgan fingerprint density at radius 1 is 0.457 bits per heavy atom. The highest BCUT2D eigenvalue weighted by atomic mass is 16.3. The summed E-state index contributed by atoms with van der Waals surface area (Å²) in [5, 5.41) is 35.8. The van der Waals surface area contributed by atoms with Crippen molar-refractivity contribution in [2.75, 3.05) is 107 Å². The van der Waals surface area contributed by atoms with Gasteiger partial charge in [-0.25, -0.2) is 38.5 Å². The number of imidazole rings is 1. The molecule has 16 aromatic rings. The van der Waals surface area contributed by atoms with Gasteiger partial charge in [0.2, 0.25) is 0 Å². The van der Waals surface area contributed by atoms with Gasteiger partial charge in [0.05, 0.1) is 140 Å². The minimum Gasteiger partial charge on any atom is -0.395 e. The van der Waals surface area contributed by atoms with Crippen molar-refractivity contribution in [1.82, 2.24) is 111 Å². The summed E-state index contributed by atoms with van der Waals surface area (Å²) < 4.78 is 13.8. The Bertz CT molecular complexity index is 7060. The van der Waals surface area contributed by atoms with Crippen LogP contribution in [0.25, 0.3) is 90.2 Å². The smallest absolute Gasteiger partial charge is 0.258 e. The largest absolute Gasteiger partial charge is 0.395 e. The van der Waals surface area contributed by atoms with Crippen LogP contribution in [0.1, 0.15) is 134 Å². The third-order valence-electron chi connectivity index (χ3n) is 25.2. The lowest BCUT2D eigenvalue weighted by Crippen LogP contribution is -2.48. The molecule has 20 rings (SSSR count). The minimum atomic E-state index is -0.124. The van der Waals surface area contributed by atoms with Crippen LogP contribution in [-0.4, -0.2) is 226 Å². The molecule has 4 fully saturated rings. The van der Waals surface area contributed by atoms with Gasteiger partial charge in [0, 0.05) is 143 Å².